The lowest BCUT2D eigenvalue weighted by atomic mass is 10.1. The van der Waals surface area contributed by atoms with E-state index in [0.717, 1.165) is 18.0 Å². The molecule has 0 aliphatic carbocycles. The third-order valence-electron chi connectivity index (χ3n) is 1.79. The van der Waals surface area contributed by atoms with E-state index < -0.39 is 6.09 Å². The minimum Gasteiger partial charge on any atom is -0.323 e. The molecule has 1 heterocycles. The van der Waals surface area contributed by atoms with Crippen molar-refractivity contribution in [3.8, 4) is 0 Å². The molecule has 0 spiro atoms. The monoisotopic (exact) mass is 229 g/mol. The number of amides is 1. The minimum atomic E-state index is -0.559. The van der Waals surface area contributed by atoms with Crippen molar-refractivity contribution < 1.29 is 9.63 Å². The van der Waals surface area contributed by atoms with Gasteiger partial charge in [-0.3, -0.25) is 9.83 Å². The second kappa shape index (κ2) is 5.75. The molecule has 15 heavy (non-hydrogen) atoms. The predicted octanol–water partition coefficient (Wildman–Crippen LogP) is 1.50. The fourth-order valence-electron chi connectivity index (χ4n) is 1.08. The highest BCUT2D eigenvalue weighted by Gasteiger charge is 2.18. The van der Waals surface area contributed by atoms with Crippen molar-refractivity contribution in [1.29, 1.82) is 0 Å². The number of hydrogen-bond acceptors (Lipinski definition) is 5. The van der Waals surface area contributed by atoms with Crippen LogP contribution in [0, 0.1) is 5.92 Å². The number of aliphatic imine (C=N–C) groups is 1. The number of thioether (sulfide) groups is 1. The fraction of sp³-hybridized carbons (Fsp3) is 0.667. The molecule has 1 aliphatic rings. The second-order valence-corrected chi connectivity index (χ2v) is 4.38. The molecule has 6 heteroatoms. The molecule has 1 amide bonds. The summed E-state index contributed by atoms with van der Waals surface area (Å²) in [5.74, 6) is 1.18. The van der Waals surface area contributed by atoms with Gasteiger partial charge in [0, 0.05) is 19.3 Å². The molecule has 0 aromatic heterocycles. The Morgan fingerprint density at radius 1 is 1.67 bits per heavy atom. The number of hydrogen-bond donors (Lipinski definition) is 1. The average molecular weight is 229 g/mol. The van der Waals surface area contributed by atoms with Crippen LogP contribution in [0.15, 0.2) is 10.1 Å². The van der Waals surface area contributed by atoms with E-state index in [2.05, 4.69) is 20.3 Å². The number of carbonyl (C=O) groups is 1. The van der Waals surface area contributed by atoms with Gasteiger partial charge >= 0.3 is 6.09 Å². The fourth-order valence-corrected chi connectivity index (χ4v) is 2.00. The van der Waals surface area contributed by atoms with E-state index >= 15 is 0 Å². The van der Waals surface area contributed by atoms with Gasteiger partial charge in [-0.05, 0) is 5.92 Å². The summed E-state index contributed by atoms with van der Waals surface area (Å²) in [5.41, 5.74) is 0.912. The van der Waals surface area contributed by atoms with Gasteiger partial charge in [-0.1, -0.05) is 30.8 Å². The molecular formula is C9H15N3O2S. The van der Waals surface area contributed by atoms with Crippen molar-refractivity contribution in [2.45, 2.75) is 13.8 Å². The average Bonchev–Trinajstić information content (AvgIpc) is 2.26. The maximum absolute atomic E-state index is 10.8. The Morgan fingerprint density at radius 2 is 2.40 bits per heavy atom. The van der Waals surface area contributed by atoms with Crippen molar-refractivity contribution in [2.24, 2.45) is 16.1 Å². The van der Waals surface area contributed by atoms with Gasteiger partial charge in [0.1, 0.15) is 0 Å². The molecule has 1 aliphatic heterocycles. The summed E-state index contributed by atoms with van der Waals surface area (Å²) in [6.07, 6.45) is -0.559. The van der Waals surface area contributed by atoms with E-state index in [4.69, 9.17) is 0 Å². The lowest BCUT2D eigenvalue weighted by Crippen LogP contribution is -2.24. The number of rotatable bonds is 2. The largest absolute Gasteiger partial charge is 0.433 e. The maximum atomic E-state index is 10.8. The summed E-state index contributed by atoms with van der Waals surface area (Å²) in [5, 5.41) is 6.83. The Balaban J connectivity index is 2.70. The first kappa shape index (κ1) is 12.0. The SMILES string of the molecule is CNC(=O)ON=C1SCCN=C1C(C)C. The number of carbonyl (C=O) groups excluding carboxylic acids is 1. The molecule has 84 valence electrons. The van der Waals surface area contributed by atoms with Crippen molar-refractivity contribution in [2.75, 3.05) is 19.3 Å². The van der Waals surface area contributed by atoms with Crippen LogP contribution >= 0.6 is 11.8 Å². The second-order valence-electron chi connectivity index (χ2n) is 3.30. The van der Waals surface area contributed by atoms with Gasteiger partial charge < -0.3 is 5.32 Å². The Labute approximate surface area is 93.3 Å². The van der Waals surface area contributed by atoms with E-state index in [0.29, 0.717) is 11.0 Å². The third-order valence-corrected chi connectivity index (χ3v) is 2.74. The Hall–Kier alpha value is -1.04. The predicted molar refractivity (Wildman–Crippen MR) is 62.6 cm³/mol. The van der Waals surface area contributed by atoms with Crippen LogP contribution in [0.5, 0.6) is 0 Å². The first-order chi connectivity index (χ1) is 7.15. The maximum Gasteiger partial charge on any atom is 0.433 e. The Bertz CT molecular complexity index is 300. The van der Waals surface area contributed by atoms with Crippen molar-refractivity contribution in [1.82, 2.24) is 5.32 Å². The van der Waals surface area contributed by atoms with Crippen LogP contribution in [-0.4, -0.2) is 36.2 Å². The summed E-state index contributed by atoms with van der Waals surface area (Å²) in [6, 6.07) is 0. The molecule has 1 rings (SSSR count). The first-order valence-electron chi connectivity index (χ1n) is 4.79. The smallest absolute Gasteiger partial charge is 0.323 e. The molecule has 5 nitrogen and oxygen atoms in total. The topological polar surface area (TPSA) is 63.0 Å². The van der Waals surface area contributed by atoms with Gasteiger partial charge in [0.15, 0.2) is 5.04 Å². The van der Waals surface area contributed by atoms with Gasteiger partial charge in [0.25, 0.3) is 0 Å². The van der Waals surface area contributed by atoms with E-state index in [1.54, 1.807) is 11.8 Å². The van der Waals surface area contributed by atoms with Gasteiger partial charge in [-0.2, -0.15) is 0 Å². The molecule has 0 fully saturated rings. The van der Waals surface area contributed by atoms with Gasteiger partial charge in [-0.15, -0.1) is 0 Å². The zero-order valence-corrected chi connectivity index (χ0v) is 9.93. The third kappa shape index (κ3) is 3.54. The lowest BCUT2D eigenvalue weighted by Gasteiger charge is -2.15. The first-order valence-corrected chi connectivity index (χ1v) is 5.78. The van der Waals surface area contributed by atoms with Crippen molar-refractivity contribution >= 4 is 28.6 Å². The van der Waals surface area contributed by atoms with E-state index in [-0.39, 0.29) is 0 Å². The molecule has 0 aromatic carbocycles. The van der Waals surface area contributed by atoms with Crippen LogP contribution < -0.4 is 5.32 Å². The quantitative estimate of drug-likeness (QED) is 0.576. The van der Waals surface area contributed by atoms with Gasteiger partial charge in [0.2, 0.25) is 0 Å². The molecule has 0 unspecified atom stereocenters. The molecule has 0 bridgehead atoms. The van der Waals surface area contributed by atoms with E-state index in [1.807, 2.05) is 13.8 Å². The number of oxime groups is 1. The minimum absolute atomic E-state index is 0.296. The van der Waals surface area contributed by atoms with E-state index in [1.165, 1.54) is 7.05 Å². The summed E-state index contributed by atoms with van der Waals surface area (Å²) >= 11 is 1.57. The van der Waals surface area contributed by atoms with Crippen LogP contribution in [0.1, 0.15) is 13.8 Å². The number of nitrogens with one attached hydrogen (secondary N) is 1. The lowest BCUT2D eigenvalue weighted by molar-refractivity contribution is 0.153. The zero-order valence-electron chi connectivity index (χ0n) is 9.11. The Kier molecular flexibility index (Phi) is 4.61. The van der Waals surface area contributed by atoms with Gasteiger partial charge in [0.05, 0.1) is 5.71 Å². The van der Waals surface area contributed by atoms with Crippen LogP contribution in [0.3, 0.4) is 0 Å². The summed E-state index contributed by atoms with van der Waals surface area (Å²) in [6.45, 7) is 4.89. The van der Waals surface area contributed by atoms with Crippen LogP contribution in [0.2, 0.25) is 0 Å². The van der Waals surface area contributed by atoms with E-state index in [9.17, 15) is 4.79 Å². The highest BCUT2D eigenvalue weighted by atomic mass is 32.2. The molecule has 0 atom stereocenters. The molecular weight excluding hydrogens is 214 g/mol. The van der Waals surface area contributed by atoms with Gasteiger partial charge in [-0.25, -0.2) is 4.79 Å². The standard InChI is InChI=1S/C9H15N3O2S/c1-6(2)7-8(15-5-4-11-7)12-14-9(13)10-3/h6H,4-5H2,1-3H3,(H,10,13). The summed E-state index contributed by atoms with van der Waals surface area (Å²) < 4.78 is 0. The van der Waals surface area contributed by atoms with Crippen LogP contribution in [0.25, 0.3) is 0 Å². The Morgan fingerprint density at radius 3 is 3.00 bits per heavy atom. The zero-order chi connectivity index (χ0) is 11.3. The summed E-state index contributed by atoms with van der Waals surface area (Å²) in [7, 11) is 1.49. The highest BCUT2D eigenvalue weighted by molar-refractivity contribution is 8.15. The molecule has 0 saturated carbocycles. The molecule has 0 aromatic rings. The van der Waals surface area contributed by atoms with Crippen LogP contribution in [-0.2, 0) is 4.84 Å². The molecule has 0 saturated heterocycles. The molecule has 1 N–H and O–H groups in total. The normalized spacial score (nSPS) is 18.9. The van der Waals surface area contributed by atoms with Crippen molar-refractivity contribution in [3.05, 3.63) is 0 Å². The van der Waals surface area contributed by atoms with Crippen molar-refractivity contribution in [3.63, 3.8) is 0 Å². The highest BCUT2D eigenvalue weighted by Crippen LogP contribution is 2.16. The molecule has 0 radical (unpaired) electrons. The van der Waals surface area contributed by atoms with Crippen LogP contribution in [0.4, 0.5) is 4.79 Å². The summed E-state index contributed by atoms with van der Waals surface area (Å²) in [4.78, 5) is 19.9. The number of nitrogens with zero attached hydrogens (tertiary/aromatic N) is 2.